The summed E-state index contributed by atoms with van der Waals surface area (Å²) in [5, 5.41) is 4.61. The highest BCUT2D eigenvalue weighted by Gasteiger charge is 2.26. The number of hydrogen-bond acceptors (Lipinski definition) is 5. The van der Waals surface area contributed by atoms with Gasteiger partial charge in [-0.25, -0.2) is 0 Å². The van der Waals surface area contributed by atoms with Crippen LogP contribution < -0.4 is 19.6 Å². The topological polar surface area (TPSA) is 13.0 Å². The Labute approximate surface area is 382 Å². The molecule has 0 unspecified atom stereocenters. The average Bonchev–Trinajstić information content (AvgIpc) is 3.77. The molecule has 0 aliphatic heterocycles. The van der Waals surface area contributed by atoms with E-state index >= 15 is 0 Å². The van der Waals surface area contributed by atoms with Crippen LogP contribution in [0.2, 0.25) is 10.0 Å². The number of rotatable bonds is 12. The summed E-state index contributed by atoms with van der Waals surface area (Å²) in [6, 6.07) is 81.5. The molecule has 0 fully saturated rings. The highest BCUT2D eigenvalue weighted by molar-refractivity contribution is 7.17. The number of nitrogens with zero attached hydrogens (tertiary/aromatic N) is 4. The summed E-state index contributed by atoms with van der Waals surface area (Å²) in [4.78, 5) is 8.93. The molecule has 0 amide bonds. The van der Waals surface area contributed by atoms with Crippen LogP contribution in [-0.2, 0) is 0 Å². The fourth-order valence-electron chi connectivity index (χ4n) is 8.19. The molecule has 9 aromatic carbocycles. The van der Waals surface area contributed by atoms with Gasteiger partial charge in [-0.3, -0.25) is 0 Å². The molecule has 0 saturated heterocycles. The molecule has 0 aliphatic rings. The van der Waals surface area contributed by atoms with Gasteiger partial charge in [-0.05, 0) is 109 Å². The highest BCUT2D eigenvalue weighted by atomic mass is 35.5. The lowest BCUT2D eigenvalue weighted by Gasteiger charge is -2.33. The Bertz CT molecular complexity index is 3070. The molecule has 1 heterocycles. The molecule has 63 heavy (non-hydrogen) atoms. The third-order valence-electron chi connectivity index (χ3n) is 11.0. The molecule has 0 spiro atoms. The van der Waals surface area contributed by atoms with Crippen molar-refractivity contribution in [1.29, 1.82) is 0 Å². The Balaban J connectivity index is 1.13. The van der Waals surface area contributed by atoms with E-state index in [0.717, 1.165) is 68.2 Å². The van der Waals surface area contributed by atoms with Gasteiger partial charge in [0, 0.05) is 55.3 Å². The lowest BCUT2D eigenvalue weighted by atomic mass is 10.1. The summed E-state index contributed by atoms with van der Waals surface area (Å²) < 4.78 is 1.21. The van der Waals surface area contributed by atoms with Gasteiger partial charge in [0.05, 0.1) is 38.5 Å². The van der Waals surface area contributed by atoms with E-state index in [1.807, 2.05) is 30.3 Å². The number of benzene rings is 9. The molecular weight excluding hydrogens is 832 g/mol. The van der Waals surface area contributed by atoms with Crippen molar-refractivity contribution in [2.45, 2.75) is 0 Å². The smallest absolute Gasteiger partial charge is 0.0887 e. The fraction of sp³-hybridized carbons (Fsp3) is 0. The summed E-state index contributed by atoms with van der Waals surface area (Å²) in [7, 11) is 0. The molecule has 0 N–H and O–H groups in total. The molecule has 1 aromatic heterocycles. The van der Waals surface area contributed by atoms with Gasteiger partial charge in [0.25, 0.3) is 0 Å². The van der Waals surface area contributed by atoms with E-state index in [0.29, 0.717) is 10.0 Å². The predicted octanol–water partition coefficient (Wildman–Crippen LogP) is 18.1. The second-order valence-electron chi connectivity index (χ2n) is 14.9. The summed E-state index contributed by atoms with van der Waals surface area (Å²) in [6.45, 7) is 0. The molecular formula is C56H40Cl2N4S. The molecule has 10 aromatic rings. The molecule has 0 atom stereocenters. The first-order valence-electron chi connectivity index (χ1n) is 20.7. The van der Waals surface area contributed by atoms with Crippen molar-refractivity contribution in [1.82, 2.24) is 0 Å². The molecule has 0 aliphatic carbocycles. The molecule has 4 nitrogen and oxygen atoms in total. The van der Waals surface area contributed by atoms with Crippen LogP contribution in [0.25, 0.3) is 10.1 Å². The van der Waals surface area contributed by atoms with Gasteiger partial charge >= 0.3 is 0 Å². The van der Waals surface area contributed by atoms with Crippen LogP contribution in [0.1, 0.15) is 0 Å². The average molecular weight is 872 g/mol. The minimum absolute atomic E-state index is 0.608. The first-order valence-corrected chi connectivity index (χ1v) is 22.4. The zero-order chi connectivity index (χ0) is 42.5. The number of halogens is 2. The number of para-hydroxylation sites is 5. The lowest BCUT2D eigenvalue weighted by Crippen LogP contribution is -2.16. The van der Waals surface area contributed by atoms with Crippen LogP contribution in [0.15, 0.2) is 242 Å². The van der Waals surface area contributed by atoms with Crippen molar-refractivity contribution >= 4 is 113 Å². The van der Waals surface area contributed by atoms with E-state index in [4.69, 9.17) is 23.2 Å². The van der Waals surface area contributed by atoms with Gasteiger partial charge in [0.1, 0.15) is 0 Å². The second kappa shape index (κ2) is 18.0. The van der Waals surface area contributed by atoms with Crippen molar-refractivity contribution in [3.05, 3.63) is 252 Å². The third-order valence-corrected chi connectivity index (χ3v) is 12.7. The van der Waals surface area contributed by atoms with Crippen LogP contribution in [0.5, 0.6) is 0 Å². The fourth-order valence-corrected chi connectivity index (χ4v) is 9.71. The second-order valence-corrected chi connectivity index (χ2v) is 16.5. The van der Waals surface area contributed by atoms with E-state index in [2.05, 4.69) is 231 Å². The van der Waals surface area contributed by atoms with Gasteiger partial charge in [-0.1, -0.05) is 151 Å². The maximum atomic E-state index is 7.77. The Hall–Kier alpha value is -7.28. The monoisotopic (exact) mass is 870 g/mol. The molecule has 0 radical (unpaired) electrons. The van der Waals surface area contributed by atoms with Crippen LogP contribution in [0.4, 0.5) is 68.2 Å². The largest absolute Gasteiger partial charge is 0.309 e. The normalized spacial score (nSPS) is 11.0. The Morgan fingerprint density at radius 3 is 0.984 bits per heavy atom. The van der Waals surface area contributed by atoms with Gasteiger partial charge in [0.15, 0.2) is 0 Å². The van der Waals surface area contributed by atoms with E-state index in [1.54, 1.807) is 11.3 Å². The van der Waals surface area contributed by atoms with Crippen molar-refractivity contribution < 1.29 is 0 Å². The Morgan fingerprint density at radius 1 is 0.270 bits per heavy atom. The van der Waals surface area contributed by atoms with Gasteiger partial charge < -0.3 is 19.6 Å². The highest BCUT2D eigenvalue weighted by Crippen LogP contribution is 2.51. The minimum Gasteiger partial charge on any atom is -0.309 e. The van der Waals surface area contributed by atoms with Crippen molar-refractivity contribution in [2.24, 2.45) is 0 Å². The van der Waals surface area contributed by atoms with Gasteiger partial charge in [0.2, 0.25) is 0 Å². The van der Waals surface area contributed by atoms with Crippen molar-refractivity contribution in [2.75, 3.05) is 19.6 Å². The molecule has 304 valence electrons. The first kappa shape index (κ1) is 39.8. The lowest BCUT2D eigenvalue weighted by molar-refractivity contribution is 1.23. The summed E-state index contributed by atoms with van der Waals surface area (Å²) in [5.74, 6) is 0. The van der Waals surface area contributed by atoms with Crippen LogP contribution in [0, 0.1) is 0 Å². The van der Waals surface area contributed by atoms with Crippen molar-refractivity contribution in [3.63, 3.8) is 0 Å². The van der Waals surface area contributed by atoms with E-state index in [9.17, 15) is 0 Å². The van der Waals surface area contributed by atoms with E-state index in [-0.39, 0.29) is 0 Å². The zero-order valence-corrected chi connectivity index (χ0v) is 36.4. The Morgan fingerprint density at radius 2 is 0.571 bits per heavy atom. The van der Waals surface area contributed by atoms with Crippen molar-refractivity contribution in [3.8, 4) is 0 Å². The first-order chi connectivity index (χ1) is 31.1. The minimum atomic E-state index is 0.608. The molecule has 0 bridgehead atoms. The zero-order valence-electron chi connectivity index (χ0n) is 34.0. The molecule has 7 heteroatoms. The molecule has 10 rings (SSSR count). The van der Waals surface area contributed by atoms with E-state index < -0.39 is 0 Å². The summed E-state index contributed by atoms with van der Waals surface area (Å²) in [5.41, 5.74) is 11.3. The number of thiophene rings is 1. The predicted molar refractivity (Wildman–Crippen MR) is 271 cm³/mol. The number of anilines is 12. The maximum Gasteiger partial charge on any atom is 0.0887 e. The standard InChI is InChI=1S/C56H40Cl2N4S/c57-55-49(59(41-21-6-1-7-22-41)42-23-8-2-9-24-42)34-19-35-50(55)60(43-25-10-3-11-26-43)46-31-18-32-47(39-46)61(44-27-12-4-13-28-44)51-36-20-37-52(56(51)58)62(45-29-14-5-15-30-45)53-40-63-54-38-17-16-33-48(53)54/h1-40H. The van der Waals surface area contributed by atoms with Gasteiger partial charge in [-0.15, -0.1) is 11.3 Å². The maximum absolute atomic E-state index is 7.77. The SMILES string of the molecule is Clc1c(N(c2ccccc2)c2ccccc2)cccc1N(c1ccccc1)c1cccc(N(c2ccccc2)c2cccc(N(c3ccccc3)c3csc4ccccc34)c2Cl)c1. The number of fused-ring (bicyclic) bond motifs is 1. The molecule has 0 saturated carbocycles. The quantitative estimate of drug-likeness (QED) is 0.121. The van der Waals surface area contributed by atoms with Gasteiger partial charge in [-0.2, -0.15) is 0 Å². The third kappa shape index (κ3) is 7.90. The van der Waals surface area contributed by atoms with Crippen LogP contribution in [0.3, 0.4) is 0 Å². The summed E-state index contributed by atoms with van der Waals surface area (Å²) >= 11 is 17.2. The van der Waals surface area contributed by atoms with E-state index in [1.165, 1.54) is 10.1 Å². The summed E-state index contributed by atoms with van der Waals surface area (Å²) in [6.07, 6.45) is 0. The Kier molecular flexibility index (Phi) is 11.4. The number of hydrogen-bond donors (Lipinski definition) is 0. The van der Waals surface area contributed by atoms with Crippen LogP contribution >= 0.6 is 34.5 Å². The van der Waals surface area contributed by atoms with Crippen LogP contribution in [-0.4, -0.2) is 0 Å².